The molecule has 2 rings (SSSR count). The zero-order chi connectivity index (χ0) is 12.6. The molecule has 2 nitrogen and oxygen atoms in total. The van der Waals surface area contributed by atoms with Gasteiger partial charge in [-0.25, -0.2) is 0 Å². The molecule has 0 unspecified atom stereocenters. The topological polar surface area (TPSA) is 21.3 Å². The van der Waals surface area contributed by atoms with E-state index < -0.39 is 0 Å². The van der Waals surface area contributed by atoms with Gasteiger partial charge in [-0.05, 0) is 44.4 Å². The Bertz CT molecular complexity index is 203. The first kappa shape index (κ1) is 14.3. The maximum Gasteiger partial charge on any atom is 0.0594 e. The summed E-state index contributed by atoms with van der Waals surface area (Å²) >= 11 is 0. The van der Waals surface area contributed by atoms with E-state index in [9.17, 15) is 0 Å². The van der Waals surface area contributed by atoms with Gasteiger partial charge in [0.1, 0.15) is 0 Å². The molecular weight excluding hydrogens is 222 g/mol. The van der Waals surface area contributed by atoms with Gasteiger partial charge in [0.25, 0.3) is 0 Å². The molecule has 0 aromatic carbocycles. The molecule has 0 heterocycles. The predicted octanol–water partition coefficient (Wildman–Crippen LogP) is 3.89. The standard InChI is InChI=1S/C16H31NO/c1-14-8-10-16(11-9-14)18-13-12-17-15-6-4-2-3-5-7-15/h14-17H,2-13H2,1H3. The van der Waals surface area contributed by atoms with Gasteiger partial charge in [0.15, 0.2) is 0 Å². The normalized spacial score (nSPS) is 31.2. The third-order valence-electron chi connectivity index (χ3n) is 4.71. The number of hydrogen-bond donors (Lipinski definition) is 1. The van der Waals surface area contributed by atoms with Crippen molar-refractivity contribution in [2.24, 2.45) is 5.92 Å². The first-order valence-corrected chi connectivity index (χ1v) is 8.19. The van der Waals surface area contributed by atoms with Gasteiger partial charge in [-0.15, -0.1) is 0 Å². The van der Waals surface area contributed by atoms with Crippen LogP contribution in [-0.4, -0.2) is 25.3 Å². The molecule has 1 N–H and O–H groups in total. The fraction of sp³-hybridized carbons (Fsp3) is 1.00. The van der Waals surface area contributed by atoms with E-state index in [1.807, 2.05) is 0 Å². The molecule has 2 aliphatic carbocycles. The van der Waals surface area contributed by atoms with Crippen LogP contribution in [0.3, 0.4) is 0 Å². The molecule has 0 spiro atoms. The van der Waals surface area contributed by atoms with Crippen LogP contribution in [0.15, 0.2) is 0 Å². The largest absolute Gasteiger partial charge is 0.377 e. The summed E-state index contributed by atoms with van der Waals surface area (Å²) in [5, 5.41) is 3.68. The fourth-order valence-corrected chi connectivity index (χ4v) is 3.37. The molecule has 0 atom stereocenters. The second-order valence-electron chi connectivity index (χ2n) is 6.40. The molecule has 106 valence electrons. The second kappa shape index (κ2) is 8.16. The minimum absolute atomic E-state index is 0.553. The summed E-state index contributed by atoms with van der Waals surface area (Å²) in [5.41, 5.74) is 0. The molecular formula is C16H31NO. The summed E-state index contributed by atoms with van der Waals surface area (Å²) in [5.74, 6) is 0.925. The number of hydrogen-bond acceptors (Lipinski definition) is 2. The zero-order valence-electron chi connectivity index (χ0n) is 12.1. The fourth-order valence-electron chi connectivity index (χ4n) is 3.37. The van der Waals surface area contributed by atoms with Crippen LogP contribution >= 0.6 is 0 Å². The van der Waals surface area contributed by atoms with Crippen LogP contribution in [0.2, 0.25) is 0 Å². The van der Waals surface area contributed by atoms with Gasteiger partial charge in [-0.1, -0.05) is 32.6 Å². The van der Waals surface area contributed by atoms with Crippen LogP contribution in [0.25, 0.3) is 0 Å². The summed E-state index contributed by atoms with van der Waals surface area (Å²) in [6.07, 6.45) is 14.3. The molecule has 0 radical (unpaired) electrons. The average Bonchev–Trinajstić information content (AvgIpc) is 2.65. The minimum Gasteiger partial charge on any atom is -0.377 e. The van der Waals surface area contributed by atoms with E-state index in [2.05, 4.69) is 12.2 Å². The van der Waals surface area contributed by atoms with E-state index in [0.29, 0.717) is 6.10 Å². The van der Waals surface area contributed by atoms with E-state index in [1.165, 1.54) is 64.2 Å². The lowest BCUT2D eigenvalue weighted by molar-refractivity contribution is 0.0206. The first-order chi connectivity index (χ1) is 8.84. The van der Waals surface area contributed by atoms with E-state index in [4.69, 9.17) is 4.74 Å². The maximum atomic E-state index is 5.99. The smallest absolute Gasteiger partial charge is 0.0594 e. The molecule has 0 bridgehead atoms. The summed E-state index contributed by atoms with van der Waals surface area (Å²) in [6.45, 7) is 4.33. The van der Waals surface area contributed by atoms with Crippen LogP contribution in [0.1, 0.15) is 71.1 Å². The Morgan fingerprint density at radius 2 is 1.56 bits per heavy atom. The van der Waals surface area contributed by atoms with Crippen molar-refractivity contribution in [3.63, 3.8) is 0 Å². The van der Waals surface area contributed by atoms with Gasteiger partial charge in [0.05, 0.1) is 12.7 Å². The van der Waals surface area contributed by atoms with E-state index in [1.54, 1.807) is 0 Å². The lowest BCUT2D eigenvalue weighted by atomic mass is 9.89. The van der Waals surface area contributed by atoms with Gasteiger partial charge in [-0.3, -0.25) is 0 Å². The van der Waals surface area contributed by atoms with Crippen molar-refractivity contribution in [3.05, 3.63) is 0 Å². The number of ether oxygens (including phenoxy) is 1. The summed E-state index contributed by atoms with van der Waals surface area (Å²) in [4.78, 5) is 0. The summed E-state index contributed by atoms with van der Waals surface area (Å²) in [7, 11) is 0. The number of rotatable bonds is 5. The molecule has 2 aliphatic rings. The molecule has 2 saturated carbocycles. The third kappa shape index (κ3) is 5.27. The zero-order valence-corrected chi connectivity index (χ0v) is 12.1. The van der Waals surface area contributed by atoms with Crippen molar-refractivity contribution in [3.8, 4) is 0 Å². The lowest BCUT2D eigenvalue weighted by Crippen LogP contribution is -2.33. The van der Waals surface area contributed by atoms with E-state index in [0.717, 1.165) is 25.1 Å². The van der Waals surface area contributed by atoms with Crippen LogP contribution in [0.5, 0.6) is 0 Å². The van der Waals surface area contributed by atoms with E-state index in [-0.39, 0.29) is 0 Å². The Balaban J connectivity index is 1.50. The Morgan fingerprint density at radius 3 is 2.22 bits per heavy atom. The summed E-state index contributed by atoms with van der Waals surface area (Å²) < 4.78 is 5.99. The van der Waals surface area contributed by atoms with Crippen LogP contribution in [0.4, 0.5) is 0 Å². The number of nitrogens with one attached hydrogen (secondary N) is 1. The quantitative estimate of drug-likeness (QED) is 0.593. The summed E-state index contributed by atoms with van der Waals surface area (Å²) in [6, 6.07) is 0.766. The predicted molar refractivity (Wildman–Crippen MR) is 76.9 cm³/mol. The lowest BCUT2D eigenvalue weighted by Gasteiger charge is -2.26. The third-order valence-corrected chi connectivity index (χ3v) is 4.71. The van der Waals surface area contributed by atoms with Crippen molar-refractivity contribution in [2.75, 3.05) is 13.2 Å². The van der Waals surface area contributed by atoms with E-state index >= 15 is 0 Å². The molecule has 18 heavy (non-hydrogen) atoms. The monoisotopic (exact) mass is 253 g/mol. The Kier molecular flexibility index (Phi) is 6.50. The van der Waals surface area contributed by atoms with Crippen LogP contribution < -0.4 is 5.32 Å². The average molecular weight is 253 g/mol. The second-order valence-corrected chi connectivity index (χ2v) is 6.40. The van der Waals surface area contributed by atoms with Crippen molar-refractivity contribution < 1.29 is 4.74 Å². The van der Waals surface area contributed by atoms with Gasteiger partial charge in [0, 0.05) is 12.6 Å². The van der Waals surface area contributed by atoms with Crippen molar-refractivity contribution in [2.45, 2.75) is 83.3 Å². The van der Waals surface area contributed by atoms with Crippen molar-refractivity contribution >= 4 is 0 Å². The Labute approximate surface area is 113 Å². The van der Waals surface area contributed by atoms with Crippen LogP contribution in [-0.2, 0) is 4.74 Å². The van der Waals surface area contributed by atoms with Gasteiger partial charge >= 0.3 is 0 Å². The highest BCUT2D eigenvalue weighted by Crippen LogP contribution is 2.25. The highest BCUT2D eigenvalue weighted by atomic mass is 16.5. The Hall–Kier alpha value is -0.0800. The molecule has 2 heteroatoms. The van der Waals surface area contributed by atoms with Gasteiger partial charge < -0.3 is 10.1 Å². The Morgan fingerprint density at radius 1 is 0.889 bits per heavy atom. The molecule has 2 fully saturated rings. The van der Waals surface area contributed by atoms with Gasteiger partial charge in [-0.2, -0.15) is 0 Å². The van der Waals surface area contributed by atoms with Gasteiger partial charge in [0.2, 0.25) is 0 Å². The van der Waals surface area contributed by atoms with Crippen LogP contribution in [0, 0.1) is 5.92 Å². The highest BCUT2D eigenvalue weighted by molar-refractivity contribution is 4.72. The molecule has 0 aromatic heterocycles. The SMILES string of the molecule is CC1CCC(OCCNC2CCCCCC2)CC1. The van der Waals surface area contributed by atoms with Crippen molar-refractivity contribution in [1.82, 2.24) is 5.32 Å². The highest BCUT2D eigenvalue weighted by Gasteiger charge is 2.18. The first-order valence-electron chi connectivity index (χ1n) is 8.19. The molecule has 0 amide bonds. The minimum atomic E-state index is 0.553. The molecule has 0 saturated heterocycles. The molecule has 0 aliphatic heterocycles. The maximum absolute atomic E-state index is 5.99. The van der Waals surface area contributed by atoms with Crippen molar-refractivity contribution in [1.29, 1.82) is 0 Å². The molecule has 0 aromatic rings.